The van der Waals surface area contributed by atoms with Crippen LogP contribution in [0.15, 0.2) is 53.6 Å². The maximum atomic E-state index is 12.7. The lowest BCUT2D eigenvalue weighted by Crippen LogP contribution is -2.19. The predicted octanol–water partition coefficient (Wildman–Crippen LogP) is 4.13. The highest BCUT2D eigenvalue weighted by Gasteiger charge is 2.18. The second kappa shape index (κ2) is 7.09. The number of nitrogens with one attached hydrogen (secondary N) is 2. The third-order valence-electron chi connectivity index (χ3n) is 4.18. The SMILES string of the molecule is Cc1c(C(=O)Nc2ccc3c(c2)NC(=O)CS3)cnn1-c1cccc(Cl)c1. The number of hydrogen-bond donors (Lipinski definition) is 2. The first-order chi connectivity index (χ1) is 13.0. The van der Waals surface area contributed by atoms with Crippen LogP contribution in [0.3, 0.4) is 0 Å². The molecule has 1 aliphatic rings. The van der Waals surface area contributed by atoms with Crippen molar-refractivity contribution in [3.63, 3.8) is 0 Å². The first-order valence-corrected chi connectivity index (χ1v) is 9.56. The Bertz CT molecular complexity index is 1060. The van der Waals surface area contributed by atoms with Crippen molar-refractivity contribution in [1.29, 1.82) is 0 Å². The van der Waals surface area contributed by atoms with Crippen molar-refractivity contribution in [2.75, 3.05) is 16.4 Å². The normalized spacial score (nSPS) is 13.0. The van der Waals surface area contributed by atoms with E-state index in [9.17, 15) is 9.59 Å². The highest BCUT2D eigenvalue weighted by molar-refractivity contribution is 8.00. The zero-order valence-electron chi connectivity index (χ0n) is 14.3. The fraction of sp³-hybridized carbons (Fsp3) is 0.105. The van der Waals surface area contributed by atoms with E-state index in [4.69, 9.17) is 11.6 Å². The van der Waals surface area contributed by atoms with E-state index < -0.39 is 0 Å². The van der Waals surface area contributed by atoms with E-state index in [0.29, 0.717) is 33.4 Å². The Morgan fingerprint density at radius 2 is 2.15 bits per heavy atom. The van der Waals surface area contributed by atoms with Gasteiger partial charge >= 0.3 is 0 Å². The van der Waals surface area contributed by atoms with Crippen molar-refractivity contribution >= 4 is 46.6 Å². The van der Waals surface area contributed by atoms with Gasteiger partial charge in [0.15, 0.2) is 0 Å². The Labute approximate surface area is 164 Å². The Morgan fingerprint density at radius 1 is 1.30 bits per heavy atom. The molecule has 2 aromatic carbocycles. The summed E-state index contributed by atoms with van der Waals surface area (Å²) in [6, 6.07) is 12.7. The average Bonchev–Trinajstić information content (AvgIpc) is 3.03. The molecule has 2 heterocycles. The van der Waals surface area contributed by atoms with Crippen molar-refractivity contribution in [3.8, 4) is 5.69 Å². The van der Waals surface area contributed by atoms with Gasteiger partial charge in [-0.25, -0.2) is 4.68 Å². The molecular formula is C19H15ClN4O2S. The van der Waals surface area contributed by atoms with Gasteiger partial charge in [-0.1, -0.05) is 17.7 Å². The molecular weight excluding hydrogens is 384 g/mol. The van der Waals surface area contributed by atoms with Gasteiger partial charge in [0, 0.05) is 15.6 Å². The van der Waals surface area contributed by atoms with Crippen molar-refractivity contribution < 1.29 is 9.59 Å². The number of rotatable bonds is 3. The van der Waals surface area contributed by atoms with E-state index in [2.05, 4.69) is 15.7 Å². The highest BCUT2D eigenvalue weighted by atomic mass is 35.5. The number of aromatic nitrogens is 2. The first kappa shape index (κ1) is 17.6. The molecule has 0 bridgehead atoms. The fourth-order valence-corrected chi connectivity index (χ4v) is 3.83. The van der Waals surface area contributed by atoms with Crippen LogP contribution in [0, 0.1) is 6.92 Å². The number of anilines is 2. The van der Waals surface area contributed by atoms with Crippen LogP contribution in [0.25, 0.3) is 5.69 Å². The van der Waals surface area contributed by atoms with Gasteiger partial charge in [-0.3, -0.25) is 9.59 Å². The van der Waals surface area contributed by atoms with Crippen LogP contribution >= 0.6 is 23.4 Å². The summed E-state index contributed by atoms with van der Waals surface area (Å²) >= 11 is 7.52. The summed E-state index contributed by atoms with van der Waals surface area (Å²) < 4.78 is 1.67. The molecule has 0 spiro atoms. The number of hydrogen-bond acceptors (Lipinski definition) is 4. The molecule has 4 rings (SSSR count). The van der Waals surface area contributed by atoms with E-state index in [-0.39, 0.29) is 11.8 Å². The smallest absolute Gasteiger partial charge is 0.259 e. The monoisotopic (exact) mass is 398 g/mol. The molecule has 0 saturated heterocycles. The van der Waals surface area contributed by atoms with Gasteiger partial charge in [0.05, 0.1) is 34.6 Å². The molecule has 27 heavy (non-hydrogen) atoms. The van der Waals surface area contributed by atoms with E-state index in [1.807, 2.05) is 31.2 Å². The quantitative estimate of drug-likeness (QED) is 0.695. The number of nitrogens with zero attached hydrogens (tertiary/aromatic N) is 2. The summed E-state index contributed by atoms with van der Waals surface area (Å²) in [6.45, 7) is 1.83. The Balaban J connectivity index is 1.57. The number of thioether (sulfide) groups is 1. The largest absolute Gasteiger partial charge is 0.324 e. The van der Waals surface area contributed by atoms with Crippen molar-refractivity contribution in [2.45, 2.75) is 11.8 Å². The van der Waals surface area contributed by atoms with Crippen LogP contribution in [0.2, 0.25) is 5.02 Å². The van der Waals surface area contributed by atoms with Crippen LogP contribution < -0.4 is 10.6 Å². The number of carbonyl (C=O) groups is 2. The Morgan fingerprint density at radius 3 is 2.96 bits per heavy atom. The van der Waals surface area contributed by atoms with Crippen molar-refractivity contribution in [2.24, 2.45) is 0 Å². The maximum Gasteiger partial charge on any atom is 0.259 e. The lowest BCUT2D eigenvalue weighted by atomic mass is 10.2. The molecule has 0 saturated carbocycles. The van der Waals surface area contributed by atoms with Gasteiger partial charge in [0.25, 0.3) is 5.91 Å². The van der Waals surface area contributed by atoms with Crippen LogP contribution in [-0.4, -0.2) is 27.3 Å². The molecule has 1 aliphatic heterocycles. The number of benzene rings is 2. The van der Waals surface area contributed by atoms with Crippen molar-refractivity contribution in [1.82, 2.24) is 9.78 Å². The molecule has 0 aliphatic carbocycles. The molecule has 6 nitrogen and oxygen atoms in total. The van der Waals surface area contributed by atoms with Gasteiger partial charge in [-0.15, -0.1) is 11.8 Å². The molecule has 136 valence electrons. The second-order valence-electron chi connectivity index (χ2n) is 6.04. The third-order valence-corrected chi connectivity index (χ3v) is 5.49. The van der Waals surface area contributed by atoms with Crippen LogP contribution in [0.5, 0.6) is 0 Å². The highest BCUT2D eigenvalue weighted by Crippen LogP contribution is 2.33. The van der Waals surface area contributed by atoms with E-state index in [1.165, 1.54) is 18.0 Å². The summed E-state index contributed by atoms with van der Waals surface area (Å²) in [7, 11) is 0. The second-order valence-corrected chi connectivity index (χ2v) is 7.49. The molecule has 0 radical (unpaired) electrons. The third kappa shape index (κ3) is 3.56. The summed E-state index contributed by atoms with van der Waals surface area (Å²) in [5.74, 6) is 0.0887. The Kier molecular flexibility index (Phi) is 4.63. The predicted molar refractivity (Wildman–Crippen MR) is 107 cm³/mol. The van der Waals surface area contributed by atoms with Gasteiger partial charge in [0.2, 0.25) is 5.91 Å². The fourth-order valence-electron chi connectivity index (χ4n) is 2.86. The molecule has 0 fully saturated rings. The minimum absolute atomic E-state index is 0.0466. The lowest BCUT2D eigenvalue weighted by molar-refractivity contribution is -0.113. The Hall–Kier alpha value is -2.77. The first-order valence-electron chi connectivity index (χ1n) is 8.20. The molecule has 1 aromatic heterocycles. The molecule has 3 aromatic rings. The summed E-state index contributed by atoms with van der Waals surface area (Å²) in [4.78, 5) is 25.2. The van der Waals surface area contributed by atoms with E-state index in [1.54, 1.807) is 22.9 Å². The molecule has 0 unspecified atom stereocenters. The lowest BCUT2D eigenvalue weighted by Gasteiger charge is -2.17. The topological polar surface area (TPSA) is 76.0 Å². The minimum Gasteiger partial charge on any atom is -0.324 e. The summed E-state index contributed by atoms with van der Waals surface area (Å²) in [5, 5.41) is 10.6. The number of halogens is 1. The van der Waals surface area contributed by atoms with Gasteiger partial charge in [-0.05, 0) is 43.3 Å². The van der Waals surface area contributed by atoms with E-state index >= 15 is 0 Å². The van der Waals surface area contributed by atoms with Crippen LogP contribution in [-0.2, 0) is 4.79 Å². The van der Waals surface area contributed by atoms with Gasteiger partial charge < -0.3 is 10.6 Å². The number of amides is 2. The average molecular weight is 399 g/mol. The van der Waals surface area contributed by atoms with Crippen molar-refractivity contribution in [3.05, 3.63) is 64.9 Å². The molecule has 2 N–H and O–H groups in total. The number of carbonyl (C=O) groups excluding carboxylic acids is 2. The van der Waals surface area contributed by atoms with Gasteiger partial charge in [-0.2, -0.15) is 5.10 Å². The zero-order chi connectivity index (χ0) is 19.0. The van der Waals surface area contributed by atoms with Crippen LogP contribution in [0.4, 0.5) is 11.4 Å². The zero-order valence-corrected chi connectivity index (χ0v) is 15.9. The standard InChI is InChI=1S/C19H15ClN4O2S/c1-11-15(9-21-24(11)14-4-2-3-12(20)7-14)19(26)22-13-5-6-17-16(8-13)23-18(25)10-27-17/h2-9H,10H2,1H3,(H,22,26)(H,23,25). The van der Waals surface area contributed by atoms with Gasteiger partial charge in [0.1, 0.15) is 0 Å². The molecule has 2 amide bonds. The van der Waals surface area contributed by atoms with Crippen LogP contribution in [0.1, 0.15) is 16.1 Å². The summed E-state index contributed by atoms with van der Waals surface area (Å²) in [5.41, 5.74) is 3.27. The van der Waals surface area contributed by atoms with E-state index in [0.717, 1.165) is 10.6 Å². The minimum atomic E-state index is -0.268. The number of fused-ring (bicyclic) bond motifs is 1. The maximum absolute atomic E-state index is 12.7. The molecule has 8 heteroatoms. The summed E-state index contributed by atoms with van der Waals surface area (Å²) in [6.07, 6.45) is 1.53. The molecule has 0 atom stereocenters.